The van der Waals surface area contributed by atoms with Crippen molar-refractivity contribution in [3.05, 3.63) is 36.0 Å². The Balaban J connectivity index is 1.89. The third-order valence-corrected chi connectivity index (χ3v) is 3.20. The molecule has 0 atom stereocenters. The Labute approximate surface area is 109 Å². The van der Waals surface area contributed by atoms with E-state index in [1.807, 2.05) is 0 Å². The van der Waals surface area contributed by atoms with E-state index in [-0.39, 0.29) is 5.56 Å². The lowest BCUT2D eigenvalue weighted by Crippen LogP contribution is -2.44. The van der Waals surface area contributed by atoms with Crippen LogP contribution in [-0.2, 0) is 0 Å². The number of imidazole rings is 1. The summed E-state index contributed by atoms with van der Waals surface area (Å²) in [4.78, 5) is 9.37. The van der Waals surface area contributed by atoms with Crippen molar-refractivity contribution in [1.82, 2.24) is 15.3 Å². The summed E-state index contributed by atoms with van der Waals surface area (Å²) in [5.74, 6) is -0.230. The van der Waals surface area contributed by atoms with Gasteiger partial charge in [-0.1, -0.05) is 0 Å². The van der Waals surface area contributed by atoms with Crippen LogP contribution in [0.1, 0.15) is 0 Å². The summed E-state index contributed by atoms with van der Waals surface area (Å²) in [5.41, 5.74) is 0.694. The molecule has 4 nitrogen and oxygen atoms in total. The molecule has 6 heteroatoms. The van der Waals surface area contributed by atoms with Gasteiger partial charge < -0.3 is 15.2 Å². The fourth-order valence-electron chi connectivity index (χ4n) is 2.19. The fourth-order valence-corrected chi connectivity index (χ4v) is 2.19. The van der Waals surface area contributed by atoms with Crippen molar-refractivity contribution in [3.63, 3.8) is 0 Å². The van der Waals surface area contributed by atoms with E-state index in [0.29, 0.717) is 11.6 Å². The first-order chi connectivity index (χ1) is 9.24. The summed E-state index contributed by atoms with van der Waals surface area (Å²) in [7, 11) is 0. The molecule has 0 unspecified atom stereocenters. The molecule has 2 heterocycles. The number of aromatic nitrogens is 2. The highest BCUT2D eigenvalue weighted by Gasteiger charge is 2.15. The average molecular weight is 264 g/mol. The number of aromatic amines is 1. The van der Waals surface area contributed by atoms with Crippen molar-refractivity contribution in [2.75, 3.05) is 31.1 Å². The number of nitrogens with zero attached hydrogens (tertiary/aromatic N) is 2. The SMILES string of the molecule is Fc1ccc(F)c(-c2cnc(N3CCNCC3)[nH]2)c1. The van der Waals surface area contributed by atoms with E-state index in [0.717, 1.165) is 38.3 Å². The van der Waals surface area contributed by atoms with Crippen LogP contribution in [0.3, 0.4) is 0 Å². The van der Waals surface area contributed by atoms with E-state index in [2.05, 4.69) is 20.2 Å². The van der Waals surface area contributed by atoms with Crippen molar-refractivity contribution in [2.45, 2.75) is 0 Å². The summed E-state index contributed by atoms with van der Waals surface area (Å²) in [6.07, 6.45) is 1.54. The number of piperazine rings is 1. The number of rotatable bonds is 2. The minimum atomic E-state index is -0.463. The first-order valence-electron chi connectivity index (χ1n) is 6.20. The molecule has 1 aromatic carbocycles. The Morgan fingerprint density at radius 2 is 1.95 bits per heavy atom. The first kappa shape index (κ1) is 12.1. The summed E-state index contributed by atoms with van der Waals surface area (Å²) in [6, 6.07) is 3.40. The van der Waals surface area contributed by atoms with Gasteiger partial charge in [-0.2, -0.15) is 0 Å². The Kier molecular flexibility index (Phi) is 3.16. The summed E-state index contributed by atoms with van der Waals surface area (Å²) >= 11 is 0. The highest BCUT2D eigenvalue weighted by Crippen LogP contribution is 2.24. The smallest absolute Gasteiger partial charge is 0.203 e. The maximum Gasteiger partial charge on any atom is 0.203 e. The molecule has 1 aliphatic rings. The summed E-state index contributed by atoms with van der Waals surface area (Å²) < 4.78 is 26.8. The van der Waals surface area contributed by atoms with E-state index in [4.69, 9.17) is 0 Å². The standard InChI is InChI=1S/C13H14F2N4/c14-9-1-2-11(15)10(7-9)12-8-17-13(18-12)19-5-3-16-4-6-19/h1-2,7-8,16H,3-6H2,(H,17,18). The number of halogens is 2. The van der Waals surface area contributed by atoms with Gasteiger partial charge in [0, 0.05) is 31.7 Å². The van der Waals surface area contributed by atoms with E-state index in [9.17, 15) is 8.78 Å². The highest BCUT2D eigenvalue weighted by molar-refractivity contribution is 5.61. The lowest BCUT2D eigenvalue weighted by molar-refractivity contribution is 0.581. The lowest BCUT2D eigenvalue weighted by Gasteiger charge is -2.26. The maximum atomic E-state index is 13.7. The maximum absolute atomic E-state index is 13.7. The molecule has 19 heavy (non-hydrogen) atoms. The third-order valence-electron chi connectivity index (χ3n) is 3.20. The molecular weight excluding hydrogens is 250 g/mol. The molecule has 0 saturated carbocycles. The average Bonchev–Trinajstić information content (AvgIpc) is 2.92. The number of hydrogen-bond donors (Lipinski definition) is 2. The van der Waals surface area contributed by atoms with Crippen molar-refractivity contribution < 1.29 is 8.78 Å². The number of anilines is 1. The van der Waals surface area contributed by atoms with Crippen molar-refractivity contribution in [3.8, 4) is 11.3 Å². The zero-order valence-corrected chi connectivity index (χ0v) is 10.3. The zero-order valence-electron chi connectivity index (χ0n) is 10.3. The molecule has 1 saturated heterocycles. The largest absolute Gasteiger partial charge is 0.340 e. The van der Waals surface area contributed by atoms with Crippen LogP contribution in [-0.4, -0.2) is 36.1 Å². The molecule has 1 aliphatic heterocycles. The highest BCUT2D eigenvalue weighted by atomic mass is 19.1. The van der Waals surface area contributed by atoms with Gasteiger partial charge in [0.1, 0.15) is 11.6 Å². The molecule has 1 fully saturated rings. The van der Waals surface area contributed by atoms with Crippen LogP contribution in [0.2, 0.25) is 0 Å². The normalized spacial score (nSPS) is 15.8. The topological polar surface area (TPSA) is 44.0 Å². The Bertz CT molecular complexity index is 576. The quantitative estimate of drug-likeness (QED) is 0.868. The van der Waals surface area contributed by atoms with Gasteiger partial charge in [0.25, 0.3) is 0 Å². The minimum absolute atomic E-state index is 0.203. The van der Waals surface area contributed by atoms with Gasteiger partial charge in [0.2, 0.25) is 5.95 Å². The second-order valence-electron chi connectivity index (χ2n) is 4.48. The first-order valence-corrected chi connectivity index (χ1v) is 6.20. The minimum Gasteiger partial charge on any atom is -0.340 e. The van der Waals surface area contributed by atoms with Crippen molar-refractivity contribution >= 4 is 5.95 Å². The number of nitrogens with one attached hydrogen (secondary N) is 2. The van der Waals surface area contributed by atoms with Crippen LogP contribution in [0, 0.1) is 11.6 Å². The van der Waals surface area contributed by atoms with Gasteiger partial charge >= 0.3 is 0 Å². The van der Waals surface area contributed by atoms with E-state index in [1.54, 1.807) is 0 Å². The lowest BCUT2D eigenvalue weighted by atomic mass is 10.1. The molecule has 2 N–H and O–H groups in total. The molecule has 0 radical (unpaired) electrons. The van der Waals surface area contributed by atoms with Gasteiger partial charge in [-0.15, -0.1) is 0 Å². The molecule has 3 rings (SSSR count). The molecule has 100 valence electrons. The van der Waals surface area contributed by atoms with Gasteiger partial charge in [-0.3, -0.25) is 0 Å². The number of hydrogen-bond acceptors (Lipinski definition) is 3. The molecule has 0 aliphatic carbocycles. The fraction of sp³-hybridized carbons (Fsp3) is 0.308. The summed E-state index contributed by atoms with van der Waals surface area (Å²) in [5, 5.41) is 3.25. The Hall–Kier alpha value is -1.95. The van der Waals surface area contributed by atoms with Crippen molar-refractivity contribution in [1.29, 1.82) is 0 Å². The van der Waals surface area contributed by atoms with Gasteiger partial charge in [0.15, 0.2) is 0 Å². The third kappa shape index (κ3) is 2.44. The Morgan fingerprint density at radius 3 is 2.74 bits per heavy atom. The molecular formula is C13H14F2N4. The van der Waals surface area contributed by atoms with Crippen LogP contribution >= 0.6 is 0 Å². The zero-order chi connectivity index (χ0) is 13.2. The summed E-state index contributed by atoms with van der Waals surface area (Å²) in [6.45, 7) is 3.48. The van der Waals surface area contributed by atoms with E-state index in [1.165, 1.54) is 12.3 Å². The molecule has 1 aromatic heterocycles. The van der Waals surface area contributed by atoms with Crippen LogP contribution < -0.4 is 10.2 Å². The van der Waals surface area contributed by atoms with E-state index < -0.39 is 11.6 Å². The molecule has 2 aromatic rings. The monoisotopic (exact) mass is 264 g/mol. The van der Waals surface area contributed by atoms with Crippen molar-refractivity contribution in [2.24, 2.45) is 0 Å². The molecule has 0 bridgehead atoms. The van der Waals surface area contributed by atoms with Gasteiger partial charge in [-0.05, 0) is 18.2 Å². The second kappa shape index (κ2) is 4.97. The van der Waals surface area contributed by atoms with Gasteiger partial charge in [-0.25, -0.2) is 13.8 Å². The second-order valence-corrected chi connectivity index (χ2v) is 4.48. The van der Waals surface area contributed by atoms with Crippen LogP contribution in [0.5, 0.6) is 0 Å². The predicted molar refractivity (Wildman–Crippen MR) is 69.0 cm³/mol. The van der Waals surface area contributed by atoms with Crippen LogP contribution in [0.15, 0.2) is 24.4 Å². The van der Waals surface area contributed by atoms with Crippen LogP contribution in [0.25, 0.3) is 11.3 Å². The molecule has 0 spiro atoms. The number of benzene rings is 1. The Morgan fingerprint density at radius 1 is 1.16 bits per heavy atom. The van der Waals surface area contributed by atoms with E-state index >= 15 is 0 Å². The van der Waals surface area contributed by atoms with Crippen LogP contribution in [0.4, 0.5) is 14.7 Å². The number of H-pyrrole nitrogens is 1. The molecule has 0 amide bonds. The predicted octanol–water partition coefficient (Wildman–Crippen LogP) is 1.76. The van der Waals surface area contributed by atoms with Gasteiger partial charge in [0.05, 0.1) is 11.9 Å².